The fourth-order valence-corrected chi connectivity index (χ4v) is 1.76. The molecule has 0 aliphatic heterocycles. The lowest BCUT2D eigenvalue weighted by Gasteiger charge is -2.12. The molecule has 2 rings (SSSR count). The Bertz CT molecular complexity index is 635. The molecule has 5 heteroatoms. The second-order valence-electron chi connectivity index (χ2n) is 4.97. The first-order chi connectivity index (χ1) is 9.61. The minimum atomic E-state index is -0.378. The zero-order valence-corrected chi connectivity index (χ0v) is 11.6. The molecule has 0 amide bonds. The number of rotatable bonds is 5. The summed E-state index contributed by atoms with van der Waals surface area (Å²) in [5.41, 5.74) is 1.28. The highest BCUT2D eigenvalue weighted by Gasteiger charge is 2.10. The van der Waals surface area contributed by atoms with E-state index in [-0.39, 0.29) is 17.7 Å². The molecule has 20 heavy (non-hydrogen) atoms. The summed E-state index contributed by atoms with van der Waals surface area (Å²) in [5, 5.41) is 15.6. The molecule has 106 valence electrons. The van der Waals surface area contributed by atoms with Crippen molar-refractivity contribution in [1.82, 2.24) is 10.2 Å². The van der Waals surface area contributed by atoms with Crippen molar-refractivity contribution in [1.29, 1.82) is 0 Å². The normalized spacial score (nSPS) is 10.8. The van der Waals surface area contributed by atoms with Gasteiger partial charge >= 0.3 is 0 Å². The Morgan fingerprint density at radius 1 is 1.35 bits per heavy atom. The third-order valence-electron chi connectivity index (χ3n) is 2.79. The Kier molecular flexibility index (Phi) is 4.53. The number of hydrogen-bond donors (Lipinski definition) is 2. The molecule has 0 saturated heterocycles. The van der Waals surface area contributed by atoms with Gasteiger partial charge in [0, 0.05) is 11.1 Å². The zero-order valence-electron chi connectivity index (χ0n) is 11.6. The maximum atomic E-state index is 11.4. The molecular formula is C15H18N2O3. The van der Waals surface area contributed by atoms with Gasteiger partial charge in [0.2, 0.25) is 0 Å². The van der Waals surface area contributed by atoms with Gasteiger partial charge < -0.3 is 9.84 Å². The van der Waals surface area contributed by atoms with Crippen LogP contribution in [-0.4, -0.2) is 21.9 Å². The molecule has 2 aromatic rings. The van der Waals surface area contributed by atoms with Crippen LogP contribution in [0.1, 0.15) is 19.4 Å². The molecule has 5 nitrogen and oxygen atoms in total. The second kappa shape index (κ2) is 6.34. The minimum absolute atomic E-state index is 0.286. The Morgan fingerprint density at radius 3 is 2.80 bits per heavy atom. The molecule has 0 atom stereocenters. The Balaban J connectivity index is 2.39. The number of nitrogens with zero attached hydrogens (tertiary/aromatic N) is 1. The average molecular weight is 274 g/mol. The van der Waals surface area contributed by atoms with Gasteiger partial charge in [0.1, 0.15) is 5.75 Å². The Labute approximate surface area is 117 Å². The van der Waals surface area contributed by atoms with E-state index in [1.54, 1.807) is 6.07 Å². The van der Waals surface area contributed by atoms with Crippen molar-refractivity contribution in [2.24, 2.45) is 5.92 Å². The summed E-state index contributed by atoms with van der Waals surface area (Å²) in [6.07, 6.45) is 0. The van der Waals surface area contributed by atoms with Gasteiger partial charge in [-0.25, -0.2) is 5.10 Å². The molecule has 0 bridgehead atoms. The maximum Gasteiger partial charge on any atom is 0.269 e. The molecule has 0 saturated carbocycles. The van der Waals surface area contributed by atoms with E-state index in [1.165, 1.54) is 0 Å². The number of hydrogen-bond acceptors (Lipinski definition) is 4. The van der Waals surface area contributed by atoms with Crippen LogP contribution < -0.4 is 10.3 Å². The summed E-state index contributed by atoms with van der Waals surface area (Å²) in [4.78, 5) is 11.4. The quantitative estimate of drug-likeness (QED) is 0.874. The van der Waals surface area contributed by atoms with Crippen LogP contribution in [0.2, 0.25) is 0 Å². The van der Waals surface area contributed by atoms with E-state index in [4.69, 9.17) is 9.84 Å². The molecule has 1 heterocycles. The lowest BCUT2D eigenvalue weighted by Crippen LogP contribution is -2.14. The van der Waals surface area contributed by atoms with Crippen molar-refractivity contribution < 1.29 is 9.84 Å². The van der Waals surface area contributed by atoms with Gasteiger partial charge in [-0.15, -0.1) is 0 Å². The average Bonchev–Trinajstić information content (AvgIpc) is 2.46. The molecule has 0 unspecified atom stereocenters. The predicted octanol–water partition coefficient (Wildman–Crippen LogP) is 1.96. The highest BCUT2D eigenvalue weighted by molar-refractivity contribution is 5.67. The maximum absolute atomic E-state index is 11.4. The van der Waals surface area contributed by atoms with E-state index in [0.717, 1.165) is 5.56 Å². The fraction of sp³-hybridized carbons (Fsp3) is 0.333. The molecule has 0 aliphatic carbocycles. The van der Waals surface area contributed by atoms with E-state index < -0.39 is 0 Å². The van der Waals surface area contributed by atoms with Gasteiger partial charge in [0.05, 0.1) is 18.9 Å². The number of aromatic amines is 1. The third kappa shape index (κ3) is 3.24. The van der Waals surface area contributed by atoms with Crippen LogP contribution in [0.3, 0.4) is 0 Å². The third-order valence-corrected chi connectivity index (χ3v) is 2.79. The van der Waals surface area contributed by atoms with Crippen LogP contribution in [0.4, 0.5) is 0 Å². The molecule has 0 aliphatic rings. The summed E-state index contributed by atoms with van der Waals surface area (Å²) in [6.45, 7) is 4.43. The van der Waals surface area contributed by atoms with Crippen molar-refractivity contribution >= 4 is 0 Å². The smallest absolute Gasteiger partial charge is 0.269 e. The summed E-state index contributed by atoms with van der Waals surface area (Å²) >= 11 is 0. The largest absolute Gasteiger partial charge is 0.493 e. The van der Waals surface area contributed by atoms with Crippen molar-refractivity contribution in [2.75, 3.05) is 6.61 Å². The number of aliphatic hydroxyl groups excluding tert-OH is 1. The number of para-hydroxylation sites is 1. The number of benzene rings is 1. The lowest BCUT2D eigenvalue weighted by molar-refractivity contribution is 0.272. The van der Waals surface area contributed by atoms with Crippen molar-refractivity contribution in [3.63, 3.8) is 0 Å². The first kappa shape index (κ1) is 14.3. The molecule has 0 spiro atoms. The Morgan fingerprint density at radius 2 is 2.10 bits per heavy atom. The molecule has 0 radical (unpaired) electrons. The summed E-state index contributed by atoms with van der Waals surface area (Å²) in [5.74, 6) is 1.13. The number of H-pyrrole nitrogens is 1. The number of ether oxygens (including phenoxy) is 1. The van der Waals surface area contributed by atoms with Gasteiger partial charge in [-0.3, -0.25) is 4.79 Å². The first-order valence-corrected chi connectivity index (χ1v) is 6.53. The number of nitrogens with one attached hydrogen (secondary N) is 1. The van der Waals surface area contributed by atoms with Gasteiger partial charge in [-0.05, 0) is 24.1 Å². The highest BCUT2D eigenvalue weighted by Crippen LogP contribution is 2.28. The van der Waals surface area contributed by atoms with Gasteiger partial charge in [0.25, 0.3) is 5.56 Å². The van der Waals surface area contributed by atoms with E-state index in [1.807, 2.05) is 24.3 Å². The van der Waals surface area contributed by atoms with Crippen LogP contribution in [0.5, 0.6) is 5.75 Å². The van der Waals surface area contributed by atoms with Crippen LogP contribution in [0.25, 0.3) is 11.3 Å². The Hall–Kier alpha value is -2.14. The van der Waals surface area contributed by atoms with Crippen molar-refractivity contribution in [3.8, 4) is 17.0 Å². The standard InChI is InChI=1S/C15H18N2O3/c1-10(2)9-20-14-6-4-3-5-12(14)13-7-11(8-18)15(19)17-16-13/h3-7,10,18H,8-9H2,1-2H3,(H,17,19). The molecule has 2 N–H and O–H groups in total. The van der Waals surface area contributed by atoms with E-state index >= 15 is 0 Å². The number of aliphatic hydroxyl groups is 1. The van der Waals surface area contributed by atoms with Gasteiger partial charge in [0.15, 0.2) is 0 Å². The molecular weight excluding hydrogens is 256 g/mol. The van der Waals surface area contributed by atoms with E-state index in [2.05, 4.69) is 24.0 Å². The van der Waals surface area contributed by atoms with Crippen LogP contribution >= 0.6 is 0 Å². The fourth-order valence-electron chi connectivity index (χ4n) is 1.76. The first-order valence-electron chi connectivity index (χ1n) is 6.53. The lowest BCUT2D eigenvalue weighted by atomic mass is 10.1. The van der Waals surface area contributed by atoms with Crippen LogP contribution in [0, 0.1) is 5.92 Å². The summed E-state index contributed by atoms with van der Waals surface area (Å²) < 4.78 is 5.76. The van der Waals surface area contributed by atoms with E-state index in [9.17, 15) is 4.79 Å². The zero-order chi connectivity index (χ0) is 14.5. The SMILES string of the molecule is CC(C)COc1ccccc1-c1cc(CO)c(=O)[nH]n1. The van der Waals surface area contributed by atoms with E-state index in [0.29, 0.717) is 24.0 Å². The molecule has 1 aromatic heterocycles. The van der Waals surface area contributed by atoms with Crippen LogP contribution in [-0.2, 0) is 6.61 Å². The van der Waals surface area contributed by atoms with Gasteiger partial charge in [-0.1, -0.05) is 26.0 Å². The highest BCUT2D eigenvalue weighted by atomic mass is 16.5. The predicted molar refractivity (Wildman–Crippen MR) is 76.5 cm³/mol. The monoisotopic (exact) mass is 274 g/mol. The second-order valence-corrected chi connectivity index (χ2v) is 4.97. The summed E-state index contributed by atoms with van der Waals surface area (Å²) in [6, 6.07) is 9.08. The minimum Gasteiger partial charge on any atom is -0.493 e. The molecule has 0 fully saturated rings. The summed E-state index contributed by atoms with van der Waals surface area (Å²) in [7, 11) is 0. The number of aromatic nitrogens is 2. The van der Waals surface area contributed by atoms with Crippen molar-refractivity contribution in [3.05, 3.63) is 46.2 Å². The molecule has 1 aromatic carbocycles. The van der Waals surface area contributed by atoms with Crippen molar-refractivity contribution in [2.45, 2.75) is 20.5 Å². The topological polar surface area (TPSA) is 75.2 Å². The van der Waals surface area contributed by atoms with Gasteiger partial charge in [-0.2, -0.15) is 5.10 Å². The van der Waals surface area contributed by atoms with Crippen LogP contribution in [0.15, 0.2) is 35.1 Å².